The number of hydrogen-bond acceptors (Lipinski definition) is 3. The number of β-lactam (4-membered cyclic amide) rings is 1. The van der Waals surface area contributed by atoms with E-state index < -0.39 is 0 Å². The minimum atomic E-state index is 0.199. The van der Waals surface area contributed by atoms with Gasteiger partial charge in [-0.25, -0.2) is 0 Å². The standard InChI is InChI=1S/C6H9NO2S/c8-3-4-2-7-5(9)1-6(7)10-4/h4,6,8H,1-3H2. The summed E-state index contributed by atoms with van der Waals surface area (Å²) in [6.45, 7) is 0.954. The summed E-state index contributed by atoms with van der Waals surface area (Å²) in [5.74, 6) is 0.244. The third-order valence-corrected chi connectivity index (χ3v) is 3.39. The average Bonchev–Trinajstić information content (AvgIpc) is 2.26. The van der Waals surface area contributed by atoms with E-state index in [1.54, 1.807) is 11.8 Å². The van der Waals surface area contributed by atoms with Gasteiger partial charge in [0.2, 0.25) is 5.91 Å². The van der Waals surface area contributed by atoms with Crippen LogP contribution in [0, 0.1) is 0 Å². The molecule has 2 unspecified atom stereocenters. The van der Waals surface area contributed by atoms with Gasteiger partial charge < -0.3 is 10.0 Å². The fourth-order valence-corrected chi connectivity index (χ4v) is 2.72. The van der Waals surface area contributed by atoms with Crippen molar-refractivity contribution in [2.75, 3.05) is 13.2 Å². The third kappa shape index (κ3) is 0.754. The molecule has 2 saturated heterocycles. The molecule has 10 heavy (non-hydrogen) atoms. The van der Waals surface area contributed by atoms with Crippen LogP contribution in [0.5, 0.6) is 0 Å². The van der Waals surface area contributed by atoms with E-state index in [0.717, 1.165) is 6.54 Å². The lowest BCUT2D eigenvalue weighted by Gasteiger charge is -2.32. The first-order valence-corrected chi connectivity index (χ1v) is 4.31. The van der Waals surface area contributed by atoms with Gasteiger partial charge in [-0.3, -0.25) is 4.79 Å². The Bertz CT molecular complexity index is 173. The van der Waals surface area contributed by atoms with E-state index in [0.29, 0.717) is 11.8 Å². The van der Waals surface area contributed by atoms with Gasteiger partial charge in [-0.1, -0.05) is 0 Å². The molecule has 2 fully saturated rings. The molecule has 1 N–H and O–H groups in total. The Morgan fingerprint density at radius 1 is 1.80 bits per heavy atom. The predicted molar refractivity (Wildman–Crippen MR) is 38.6 cm³/mol. The molecule has 56 valence electrons. The van der Waals surface area contributed by atoms with Gasteiger partial charge in [0.25, 0.3) is 0 Å². The van der Waals surface area contributed by atoms with Crippen LogP contribution in [0.3, 0.4) is 0 Å². The number of aliphatic hydroxyl groups excluding tert-OH is 1. The molecule has 0 saturated carbocycles. The van der Waals surface area contributed by atoms with Crippen molar-refractivity contribution >= 4 is 17.7 Å². The minimum Gasteiger partial charge on any atom is -0.395 e. The zero-order chi connectivity index (χ0) is 7.14. The highest BCUT2D eigenvalue weighted by Crippen LogP contribution is 2.39. The van der Waals surface area contributed by atoms with Crippen LogP contribution in [-0.2, 0) is 4.79 Å². The second-order valence-electron chi connectivity index (χ2n) is 2.65. The Hall–Kier alpha value is -0.220. The summed E-state index contributed by atoms with van der Waals surface area (Å²) in [5, 5.41) is 9.42. The van der Waals surface area contributed by atoms with E-state index in [1.165, 1.54) is 0 Å². The number of fused-ring (bicyclic) bond motifs is 1. The number of nitrogens with zero attached hydrogens (tertiary/aromatic N) is 1. The molecular weight excluding hydrogens is 150 g/mol. The highest BCUT2D eigenvalue weighted by molar-refractivity contribution is 8.00. The molecule has 1 amide bonds. The maximum Gasteiger partial charge on any atom is 0.226 e. The van der Waals surface area contributed by atoms with Crippen LogP contribution in [0.2, 0.25) is 0 Å². The molecule has 3 nitrogen and oxygen atoms in total. The molecule has 0 aromatic rings. The fraction of sp³-hybridized carbons (Fsp3) is 0.833. The molecule has 4 heteroatoms. The van der Waals surface area contributed by atoms with Crippen LogP contribution in [-0.4, -0.2) is 39.7 Å². The van der Waals surface area contributed by atoms with Crippen molar-refractivity contribution in [2.24, 2.45) is 0 Å². The summed E-state index contributed by atoms with van der Waals surface area (Å²) >= 11 is 1.72. The van der Waals surface area contributed by atoms with E-state index in [4.69, 9.17) is 5.11 Å². The van der Waals surface area contributed by atoms with Gasteiger partial charge >= 0.3 is 0 Å². The number of thioether (sulfide) groups is 1. The molecule has 0 bridgehead atoms. The van der Waals surface area contributed by atoms with E-state index >= 15 is 0 Å². The molecule has 2 aliphatic rings. The number of hydrogen-bond donors (Lipinski definition) is 1. The number of aliphatic hydroxyl groups is 1. The largest absolute Gasteiger partial charge is 0.395 e. The second-order valence-corrected chi connectivity index (χ2v) is 4.13. The summed E-state index contributed by atoms with van der Waals surface area (Å²) in [6.07, 6.45) is 0.682. The van der Waals surface area contributed by atoms with E-state index in [2.05, 4.69) is 0 Å². The molecule has 0 spiro atoms. The zero-order valence-electron chi connectivity index (χ0n) is 5.49. The highest BCUT2D eigenvalue weighted by Gasteiger charge is 2.44. The van der Waals surface area contributed by atoms with E-state index in [-0.39, 0.29) is 17.8 Å². The number of rotatable bonds is 1. The Morgan fingerprint density at radius 2 is 2.60 bits per heavy atom. The SMILES string of the molecule is O=C1CC2SC(CO)CN12. The summed E-state index contributed by atoms with van der Waals surface area (Å²) in [5.41, 5.74) is 0. The number of carbonyl (C=O) groups is 1. The van der Waals surface area contributed by atoms with Crippen LogP contribution in [0.1, 0.15) is 6.42 Å². The van der Waals surface area contributed by atoms with Crippen molar-refractivity contribution in [3.05, 3.63) is 0 Å². The van der Waals surface area contributed by atoms with Gasteiger partial charge in [0.05, 0.1) is 18.4 Å². The Morgan fingerprint density at radius 3 is 3.10 bits per heavy atom. The Labute approximate surface area is 63.4 Å². The third-order valence-electron chi connectivity index (χ3n) is 1.97. The Kier molecular flexibility index (Phi) is 1.38. The molecular formula is C6H9NO2S. The molecule has 2 heterocycles. The molecule has 0 aliphatic carbocycles. The normalized spacial score (nSPS) is 37.7. The molecule has 2 rings (SSSR count). The van der Waals surface area contributed by atoms with Crippen molar-refractivity contribution in [3.8, 4) is 0 Å². The van der Waals surface area contributed by atoms with Crippen LogP contribution in [0.15, 0.2) is 0 Å². The maximum atomic E-state index is 10.8. The first-order valence-electron chi connectivity index (χ1n) is 3.37. The van der Waals surface area contributed by atoms with E-state index in [9.17, 15) is 4.79 Å². The summed E-state index contributed by atoms with van der Waals surface area (Å²) < 4.78 is 0. The monoisotopic (exact) mass is 159 g/mol. The number of amides is 1. The van der Waals surface area contributed by atoms with Gasteiger partial charge in [0.1, 0.15) is 0 Å². The highest BCUT2D eigenvalue weighted by atomic mass is 32.2. The summed E-state index contributed by atoms with van der Waals surface area (Å²) in [4.78, 5) is 12.6. The lowest BCUT2D eigenvalue weighted by atomic mass is 10.2. The zero-order valence-corrected chi connectivity index (χ0v) is 6.30. The topological polar surface area (TPSA) is 40.5 Å². The summed E-state index contributed by atoms with van der Waals surface area (Å²) in [6, 6.07) is 0. The van der Waals surface area contributed by atoms with Gasteiger partial charge in [-0.05, 0) is 0 Å². The van der Waals surface area contributed by atoms with Gasteiger partial charge in [-0.2, -0.15) is 0 Å². The van der Waals surface area contributed by atoms with E-state index in [1.807, 2.05) is 4.90 Å². The van der Waals surface area contributed by atoms with Crippen molar-refractivity contribution in [2.45, 2.75) is 17.0 Å². The second kappa shape index (κ2) is 2.13. The first-order chi connectivity index (χ1) is 4.81. The van der Waals surface area contributed by atoms with Gasteiger partial charge in [-0.15, -0.1) is 11.8 Å². The van der Waals surface area contributed by atoms with Crippen molar-refractivity contribution < 1.29 is 9.90 Å². The van der Waals surface area contributed by atoms with Crippen LogP contribution in [0.25, 0.3) is 0 Å². The first kappa shape index (κ1) is 6.49. The predicted octanol–water partition coefficient (Wildman–Crippen LogP) is -0.348. The molecule has 2 aliphatic heterocycles. The smallest absolute Gasteiger partial charge is 0.226 e. The van der Waals surface area contributed by atoms with Crippen LogP contribution >= 0.6 is 11.8 Å². The maximum absolute atomic E-state index is 10.8. The molecule has 0 aromatic heterocycles. The molecule has 0 aromatic carbocycles. The van der Waals surface area contributed by atoms with Crippen molar-refractivity contribution in [1.82, 2.24) is 4.90 Å². The number of carbonyl (C=O) groups excluding carboxylic acids is 1. The fourth-order valence-electron chi connectivity index (χ4n) is 1.35. The van der Waals surface area contributed by atoms with Crippen LogP contribution in [0.4, 0.5) is 0 Å². The lowest BCUT2D eigenvalue weighted by Crippen LogP contribution is -2.47. The van der Waals surface area contributed by atoms with Gasteiger partial charge in [0, 0.05) is 11.8 Å². The quantitative estimate of drug-likeness (QED) is 0.532. The van der Waals surface area contributed by atoms with Crippen molar-refractivity contribution in [1.29, 1.82) is 0 Å². The van der Waals surface area contributed by atoms with Crippen molar-refractivity contribution in [3.63, 3.8) is 0 Å². The lowest BCUT2D eigenvalue weighted by molar-refractivity contribution is -0.140. The Balaban J connectivity index is 1.99. The van der Waals surface area contributed by atoms with Crippen LogP contribution < -0.4 is 0 Å². The molecule has 2 atom stereocenters. The van der Waals surface area contributed by atoms with Gasteiger partial charge in [0.15, 0.2) is 0 Å². The summed E-state index contributed by atoms with van der Waals surface area (Å²) in [7, 11) is 0. The minimum absolute atomic E-state index is 0.199. The molecule has 0 radical (unpaired) electrons. The average molecular weight is 159 g/mol.